The minimum absolute atomic E-state index is 0.0415. The zero-order valence-electron chi connectivity index (χ0n) is 23.8. The molecule has 0 radical (unpaired) electrons. The summed E-state index contributed by atoms with van der Waals surface area (Å²) in [6.45, 7) is 14.7. The number of hydrogen-bond acceptors (Lipinski definition) is 7. The van der Waals surface area contributed by atoms with Gasteiger partial charge < -0.3 is 25.4 Å². The van der Waals surface area contributed by atoms with E-state index in [1.807, 2.05) is 38.9 Å². The topological polar surface area (TPSA) is 112 Å². The SMILES string of the molecule is C=C(/N=C\C(C)=C(/C)O[C@@H](N)CC(=C/C)/C(C)=C\CC)Nc1cc(F)c(C(=O)NCCCN(C)C)cc1O. The number of allylic oxidation sites excluding steroid dienone is 5. The first-order valence-corrected chi connectivity index (χ1v) is 12.8. The summed E-state index contributed by atoms with van der Waals surface area (Å²) in [4.78, 5) is 18.5. The van der Waals surface area contributed by atoms with E-state index in [0.717, 1.165) is 42.7 Å². The van der Waals surface area contributed by atoms with Crippen molar-refractivity contribution in [3.63, 3.8) is 0 Å². The molecule has 0 fully saturated rings. The van der Waals surface area contributed by atoms with Gasteiger partial charge in [0.1, 0.15) is 17.4 Å². The number of aliphatic imine (C=N–C) groups is 1. The Morgan fingerprint density at radius 3 is 2.61 bits per heavy atom. The maximum absolute atomic E-state index is 14.6. The van der Waals surface area contributed by atoms with Crippen molar-refractivity contribution >= 4 is 17.8 Å². The molecule has 0 saturated carbocycles. The third kappa shape index (κ3) is 11.3. The fraction of sp³-hybridized carbons (Fsp3) is 0.448. The molecule has 0 saturated heterocycles. The molecule has 0 aromatic heterocycles. The van der Waals surface area contributed by atoms with Crippen molar-refractivity contribution in [2.45, 2.75) is 60.1 Å². The Labute approximate surface area is 226 Å². The van der Waals surface area contributed by atoms with Gasteiger partial charge in [-0.05, 0) is 72.8 Å². The number of amides is 1. The van der Waals surface area contributed by atoms with Crippen LogP contribution in [0.4, 0.5) is 10.1 Å². The minimum atomic E-state index is -0.772. The number of nitrogens with two attached hydrogens (primary N) is 1. The molecule has 0 bridgehead atoms. The van der Waals surface area contributed by atoms with Crippen molar-refractivity contribution in [3.05, 3.63) is 70.5 Å². The fourth-order valence-corrected chi connectivity index (χ4v) is 3.50. The smallest absolute Gasteiger partial charge is 0.254 e. The van der Waals surface area contributed by atoms with E-state index in [9.17, 15) is 14.3 Å². The Hall–Kier alpha value is -3.43. The predicted molar refractivity (Wildman–Crippen MR) is 155 cm³/mol. The highest BCUT2D eigenvalue weighted by atomic mass is 19.1. The van der Waals surface area contributed by atoms with Crippen LogP contribution < -0.4 is 16.4 Å². The number of halogens is 1. The number of rotatable bonds is 15. The van der Waals surface area contributed by atoms with Crippen molar-refractivity contribution in [2.75, 3.05) is 32.5 Å². The lowest BCUT2D eigenvalue weighted by Gasteiger charge is -2.18. The lowest BCUT2D eigenvalue weighted by Crippen LogP contribution is -2.27. The van der Waals surface area contributed by atoms with Crippen LogP contribution in [-0.4, -0.2) is 55.5 Å². The van der Waals surface area contributed by atoms with Crippen LogP contribution >= 0.6 is 0 Å². The van der Waals surface area contributed by atoms with Crippen molar-refractivity contribution in [1.82, 2.24) is 10.2 Å². The molecule has 1 aromatic carbocycles. The van der Waals surface area contributed by atoms with E-state index < -0.39 is 18.0 Å². The van der Waals surface area contributed by atoms with Crippen LogP contribution in [0.2, 0.25) is 0 Å². The summed E-state index contributed by atoms with van der Waals surface area (Å²) in [5.41, 5.74) is 9.05. The predicted octanol–water partition coefficient (Wildman–Crippen LogP) is 5.45. The van der Waals surface area contributed by atoms with E-state index in [4.69, 9.17) is 10.5 Å². The summed E-state index contributed by atoms with van der Waals surface area (Å²) in [6, 6.07) is 2.12. The fourth-order valence-electron chi connectivity index (χ4n) is 3.50. The van der Waals surface area contributed by atoms with Gasteiger partial charge in [0.2, 0.25) is 0 Å². The van der Waals surface area contributed by atoms with Gasteiger partial charge in [0, 0.05) is 30.8 Å². The molecule has 0 aliphatic carbocycles. The van der Waals surface area contributed by atoms with Gasteiger partial charge in [-0.3, -0.25) is 10.5 Å². The molecular weight excluding hydrogens is 485 g/mol. The summed E-state index contributed by atoms with van der Waals surface area (Å²) < 4.78 is 20.4. The molecule has 1 rings (SSSR count). The Bertz CT molecular complexity index is 1090. The van der Waals surface area contributed by atoms with E-state index in [0.29, 0.717) is 18.7 Å². The first-order valence-electron chi connectivity index (χ1n) is 12.8. The standard InChI is InChI=1S/C29H44FN5O3/c1-9-12-19(3)23(10-2)15-28(31)38-21(5)20(4)18-33-22(6)34-26-17-25(30)24(16-27(26)36)29(37)32-13-11-14-35(7)8/h10,12,16-18,28,34,36H,6,9,11,13-15,31H2,1-5,7-8H3,(H,32,37)/b19-12-,21-20+,23-10-,33-18-/t28-/m1/s1. The number of carbonyl (C=O) groups excluding carboxylic acids is 1. The van der Waals surface area contributed by atoms with Crippen LogP contribution in [0.25, 0.3) is 0 Å². The second-order valence-electron chi connectivity index (χ2n) is 9.30. The number of aromatic hydroxyl groups is 1. The average Bonchev–Trinajstić information content (AvgIpc) is 2.85. The maximum atomic E-state index is 14.6. The Morgan fingerprint density at radius 1 is 1.32 bits per heavy atom. The molecule has 0 aliphatic rings. The largest absolute Gasteiger partial charge is 0.506 e. The van der Waals surface area contributed by atoms with Crippen LogP contribution in [0.5, 0.6) is 5.75 Å². The van der Waals surface area contributed by atoms with Crippen LogP contribution in [-0.2, 0) is 4.74 Å². The maximum Gasteiger partial charge on any atom is 0.254 e. The van der Waals surface area contributed by atoms with E-state index in [2.05, 4.69) is 42.1 Å². The molecule has 210 valence electrons. The van der Waals surface area contributed by atoms with Gasteiger partial charge in [-0.2, -0.15) is 0 Å². The lowest BCUT2D eigenvalue weighted by molar-refractivity contribution is 0.0948. The zero-order valence-corrected chi connectivity index (χ0v) is 23.8. The summed E-state index contributed by atoms with van der Waals surface area (Å²) in [5, 5.41) is 15.7. The first-order chi connectivity index (χ1) is 17.9. The third-order valence-electron chi connectivity index (χ3n) is 5.76. The molecule has 0 unspecified atom stereocenters. The Kier molecular flexibility index (Phi) is 14.1. The highest BCUT2D eigenvalue weighted by Crippen LogP contribution is 2.28. The summed E-state index contributed by atoms with van der Waals surface area (Å²) in [5.74, 6) is -0.894. The van der Waals surface area contributed by atoms with Crippen molar-refractivity contribution in [2.24, 2.45) is 10.7 Å². The third-order valence-corrected chi connectivity index (χ3v) is 5.76. The van der Waals surface area contributed by atoms with Gasteiger partial charge in [-0.25, -0.2) is 9.38 Å². The van der Waals surface area contributed by atoms with Gasteiger partial charge in [0.15, 0.2) is 6.23 Å². The Balaban J connectivity index is 2.78. The van der Waals surface area contributed by atoms with E-state index >= 15 is 0 Å². The molecule has 8 nitrogen and oxygen atoms in total. The highest BCUT2D eigenvalue weighted by Gasteiger charge is 2.16. The van der Waals surface area contributed by atoms with Crippen molar-refractivity contribution in [3.8, 4) is 5.75 Å². The van der Waals surface area contributed by atoms with E-state index in [1.165, 1.54) is 5.57 Å². The van der Waals surface area contributed by atoms with E-state index in [1.54, 1.807) is 13.1 Å². The van der Waals surface area contributed by atoms with Crippen molar-refractivity contribution in [1.29, 1.82) is 0 Å². The average molecular weight is 530 g/mol. The first kappa shape index (κ1) is 32.6. The molecule has 1 amide bonds. The van der Waals surface area contributed by atoms with Gasteiger partial charge in [-0.1, -0.05) is 31.2 Å². The highest BCUT2D eigenvalue weighted by molar-refractivity contribution is 5.95. The molecule has 0 aliphatic heterocycles. The number of nitrogens with zero attached hydrogens (tertiary/aromatic N) is 2. The number of benzene rings is 1. The second-order valence-corrected chi connectivity index (χ2v) is 9.30. The van der Waals surface area contributed by atoms with Gasteiger partial charge in [0.05, 0.1) is 17.0 Å². The van der Waals surface area contributed by atoms with Crippen molar-refractivity contribution < 1.29 is 19.0 Å². The summed E-state index contributed by atoms with van der Waals surface area (Å²) in [7, 11) is 3.86. The zero-order chi connectivity index (χ0) is 28.8. The number of nitrogens with one attached hydrogen (secondary N) is 2. The molecule has 0 spiro atoms. The molecular formula is C29H44FN5O3. The van der Waals surface area contributed by atoms with E-state index in [-0.39, 0.29) is 22.8 Å². The number of hydrogen-bond donors (Lipinski definition) is 4. The number of phenolic OH excluding ortho intramolecular Hbond substituents is 1. The second kappa shape index (κ2) is 16.4. The molecule has 38 heavy (non-hydrogen) atoms. The van der Waals surface area contributed by atoms with Crippen LogP contribution in [0.3, 0.4) is 0 Å². The normalized spacial score (nSPS) is 13.9. The molecule has 0 heterocycles. The number of carbonyl (C=O) groups is 1. The molecule has 5 N–H and O–H groups in total. The summed E-state index contributed by atoms with van der Waals surface area (Å²) in [6.07, 6.45) is 7.46. The molecule has 1 atom stereocenters. The van der Waals surface area contributed by atoms with Gasteiger partial charge in [0.25, 0.3) is 5.91 Å². The quantitative estimate of drug-likeness (QED) is 0.0600. The molecule has 1 aromatic rings. The Morgan fingerprint density at radius 2 is 2.00 bits per heavy atom. The minimum Gasteiger partial charge on any atom is -0.506 e. The number of ether oxygens (including phenoxy) is 1. The summed E-state index contributed by atoms with van der Waals surface area (Å²) >= 11 is 0. The number of phenols is 1. The van der Waals surface area contributed by atoms with Gasteiger partial charge in [-0.15, -0.1) is 0 Å². The van der Waals surface area contributed by atoms with Crippen LogP contribution in [0, 0.1) is 5.82 Å². The van der Waals surface area contributed by atoms with Crippen LogP contribution in [0.1, 0.15) is 64.2 Å². The monoisotopic (exact) mass is 529 g/mol. The van der Waals surface area contributed by atoms with Gasteiger partial charge >= 0.3 is 0 Å². The number of anilines is 1. The molecule has 9 heteroatoms. The lowest BCUT2D eigenvalue weighted by atomic mass is 10.0. The van der Waals surface area contributed by atoms with Crippen LogP contribution in [0.15, 0.2) is 64.2 Å².